The van der Waals surface area contributed by atoms with E-state index in [9.17, 15) is 12.8 Å². The van der Waals surface area contributed by atoms with E-state index in [-0.39, 0.29) is 10.3 Å². The van der Waals surface area contributed by atoms with Crippen molar-refractivity contribution in [2.45, 2.75) is 5.16 Å². The molecule has 0 fully saturated rings. The zero-order valence-electron chi connectivity index (χ0n) is 7.99. The smallest absolute Gasteiger partial charge is 0.248 e. The van der Waals surface area contributed by atoms with Crippen LogP contribution < -0.4 is 0 Å². The molecule has 1 aromatic heterocycles. The topological polar surface area (TPSA) is 75.7 Å². The molecule has 17 heavy (non-hydrogen) atoms. The van der Waals surface area contributed by atoms with Gasteiger partial charge in [-0.05, 0) is 28.1 Å². The highest BCUT2D eigenvalue weighted by atomic mass is 79.9. The number of rotatable bonds is 2. The first-order valence-electron chi connectivity index (χ1n) is 4.21. The lowest BCUT2D eigenvalue weighted by atomic mass is 10.2. The maximum absolute atomic E-state index is 13.2. The van der Waals surface area contributed by atoms with Crippen LogP contribution in [0.4, 0.5) is 4.39 Å². The molecule has 0 amide bonds. The molecule has 0 saturated carbocycles. The Labute approximate surface area is 109 Å². The quantitative estimate of drug-likeness (QED) is 0.851. The van der Waals surface area contributed by atoms with Crippen molar-refractivity contribution in [2.75, 3.05) is 0 Å². The maximum atomic E-state index is 13.2. The Bertz CT molecular complexity index is 673. The zero-order valence-corrected chi connectivity index (χ0v) is 11.1. The van der Waals surface area contributed by atoms with Crippen molar-refractivity contribution in [1.82, 2.24) is 15.2 Å². The van der Waals surface area contributed by atoms with Gasteiger partial charge in [0, 0.05) is 16.2 Å². The first-order valence-corrected chi connectivity index (χ1v) is 7.31. The summed E-state index contributed by atoms with van der Waals surface area (Å²) in [4.78, 5) is 3.67. The van der Waals surface area contributed by atoms with Gasteiger partial charge < -0.3 is 0 Å². The fraction of sp³-hybridized carbons (Fsp3) is 0. The van der Waals surface area contributed by atoms with Gasteiger partial charge in [0.15, 0.2) is 5.82 Å². The number of hydrogen-bond acceptors (Lipinski definition) is 4. The van der Waals surface area contributed by atoms with E-state index < -0.39 is 20.0 Å². The minimum absolute atomic E-state index is 0.0376. The van der Waals surface area contributed by atoms with Gasteiger partial charge in [-0.3, -0.25) is 0 Å². The average Bonchev–Trinajstić information content (AvgIpc) is 2.70. The molecule has 0 atom stereocenters. The Morgan fingerprint density at radius 2 is 2.12 bits per heavy atom. The van der Waals surface area contributed by atoms with Crippen LogP contribution in [0.2, 0.25) is 0 Å². The Morgan fingerprint density at radius 3 is 2.71 bits per heavy atom. The molecular formula is C8H4BrClFN3O2S. The standard InChI is InChI=1S/C8H4BrClFN3O2S/c9-6-4(2-1-3-5(6)11)7-12-8(14-13-7)17(10,15)16/h1-3H,(H,12,13,14). The molecule has 0 radical (unpaired) electrons. The minimum atomic E-state index is -3.98. The zero-order chi connectivity index (χ0) is 12.6. The molecule has 0 aliphatic heterocycles. The number of aromatic nitrogens is 3. The van der Waals surface area contributed by atoms with Crippen LogP contribution in [0.15, 0.2) is 27.8 Å². The molecule has 5 nitrogen and oxygen atoms in total. The van der Waals surface area contributed by atoms with Gasteiger partial charge in [0.05, 0.1) is 4.47 Å². The second-order valence-electron chi connectivity index (χ2n) is 3.00. The van der Waals surface area contributed by atoms with Gasteiger partial charge in [0.1, 0.15) is 5.82 Å². The summed E-state index contributed by atoms with van der Waals surface area (Å²) >= 11 is 3.03. The van der Waals surface area contributed by atoms with Crippen LogP contribution in [-0.2, 0) is 9.05 Å². The highest BCUT2D eigenvalue weighted by Gasteiger charge is 2.18. The summed E-state index contributed by atoms with van der Waals surface area (Å²) < 4.78 is 35.3. The lowest BCUT2D eigenvalue weighted by Gasteiger charge is -1.99. The van der Waals surface area contributed by atoms with E-state index in [0.29, 0.717) is 5.56 Å². The maximum Gasteiger partial charge on any atom is 0.296 e. The van der Waals surface area contributed by atoms with E-state index in [1.165, 1.54) is 12.1 Å². The molecule has 1 N–H and O–H groups in total. The fourth-order valence-electron chi connectivity index (χ4n) is 1.15. The normalized spacial score (nSPS) is 11.7. The van der Waals surface area contributed by atoms with Crippen LogP contribution in [0.1, 0.15) is 0 Å². The van der Waals surface area contributed by atoms with Crippen LogP contribution >= 0.6 is 26.6 Å². The Hall–Kier alpha value is -0.990. The molecule has 1 heterocycles. The Morgan fingerprint density at radius 1 is 1.41 bits per heavy atom. The van der Waals surface area contributed by atoms with Gasteiger partial charge in [0.25, 0.3) is 14.2 Å². The number of halogens is 3. The molecule has 0 saturated heterocycles. The van der Waals surface area contributed by atoms with E-state index >= 15 is 0 Å². The molecule has 2 aromatic rings. The van der Waals surface area contributed by atoms with Gasteiger partial charge in [0.2, 0.25) is 0 Å². The summed E-state index contributed by atoms with van der Waals surface area (Å²) in [7, 11) is 1.10. The molecule has 0 unspecified atom stereocenters. The molecule has 0 aliphatic carbocycles. The number of aromatic amines is 1. The Kier molecular flexibility index (Phi) is 3.19. The third-order valence-electron chi connectivity index (χ3n) is 1.89. The van der Waals surface area contributed by atoms with E-state index in [1.807, 2.05) is 0 Å². The van der Waals surface area contributed by atoms with Crippen LogP contribution in [-0.4, -0.2) is 23.6 Å². The lowest BCUT2D eigenvalue weighted by molar-refractivity contribution is 0.602. The first-order chi connectivity index (χ1) is 7.89. The van der Waals surface area contributed by atoms with Crippen molar-refractivity contribution in [3.63, 3.8) is 0 Å². The largest absolute Gasteiger partial charge is 0.296 e. The van der Waals surface area contributed by atoms with Crippen LogP contribution in [0.5, 0.6) is 0 Å². The monoisotopic (exact) mass is 339 g/mol. The number of H-pyrrole nitrogens is 1. The summed E-state index contributed by atoms with van der Waals surface area (Å²) in [6.07, 6.45) is 0. The second-order valence-corrected chi connectivity index (χ2v) is 6.28. The molecule has 9 heteroatoms. The molecule has 1 aromatic carbocycles. The van der Waals surface area contributed by atoms with Crippen molar-refractivity contribution in [3.8, 4) is 11.4 Å². The second kappa shape index (κ2) is 4.35. The van der Waals surface area contributed by atoms with E-state index in [0.717, 1.165) is 0 Å². The number of nitrogens with zero attached hydrogens (tertiary/aromatic N) is 2. The molecule has 0 spiro atoms. The Balaban J connectivity index is 2.55. The number of hydrogen-bond donors (Lipinski definition) is 1. The third-order valence-corrected chi connectivity index (χ3v) is 3.78. The summed E-state index contributed by atoms with van der Waals surface area (Å²) in [6.45, 7) is 0. The molecular weight excluding hydrogens is 337 g/mol. The van der Waals surface area contributed by atoms with Gasteiger partial charge in [-0.2, -0.15) is 10.1 Å². The first kappa shape index (κ1) is 12.5. The predicted octanol–water partition coefficient (Wildman–Crippen LogP) is 2.30. The van der Waals surface area contributed by atoms with Crippen LogP contribution in [0, 0.1) is 5.82 Å². The van der Waals surface area contributed by atoms with Gasteiger partial charge in [-0.1, -0.05) is 6.07 Å². The summed E-state index contributed by atoms with van der Waals surface area (Å²) in [6, 6.07) is 4.25. The van der Waals surface area contributed by atoms with E-state index in [1.54, 1.807) is 6.07 Å². The van der Waals surface area contributed by atoms with Gasteiger partial charge in [-0.25, -0.2) is 17.9 Å². The van der Waals surface area contributed by atoms with E-state index in [2.05, 4.69) is 31.1 Å². The molecule has 0 aliphatic rings. The van der Waals surface area contributed by atoms with Crippen molar-refractivity contribution < 1.29 is 12.8 Å². The van der Waals surface area contributed by atoms with Crippen LogP contribution in [0.3, 0.4) is 0 Å². The highest BCUT2D eigenvalue weighted by Crippen LogP contribution is 2.28. The van der Waals surface area contributed by atoms with Crippen molar-refractivity contribution in [2.24, 2.45) is 0 Å². The number of nitrogens with one attached hydrogen (secondary N) is 1. The van der Waals surface area contributed by atoms with Crippen LogP contribution in [0.25, 0.3) is 11.4 Å². The lowest BCUT2D eigenvalue weighted by Crippen LogP contribution is -1.93. The van der Waals surface area contributed by atoms with Gasteiger partial charge >= 0.3 is 0 Å². The highest BCUT2D eigenvalue weighted by molar-refractivity contribution is 9.10. The third kappa shape index (κ3) is 2.48. The van der Waals surface area contributed by atoms with Crippen molar-refractivity contribution in [1.29, 1.82) is 0 Å². The average molecular weight is 341 g/mol. The SMILES string of the molecule is O=S(=O)(Cl)c1nc(-c2cccc(F)c2Br)n[nH]1. The molecule has 90 valence electrons. The summed E-state index contributed by atoms with van der Waals surface area (Å²) in [5, 5.41) is 5.34. The van der Waals surface area contributed by atoms with E-state index in [4.69, 9.17) is 10.7 Å². The minimum Gasteiger partial charge on any atom is -0.248 e. The summed E-state index contributed by atoms with van der Waals surface area (Å²) in [5.74, 6) is -0.460. The molecule has 0 bridgehead atoms. The summed E-state index contributed by atoms with van der Waals surface area (Å²) in [5.41, 5.74) is 0.327. The number of benzene rings is 1. The van der Waals surface area contributed by atoms with Gasteiger partial charge in [-0.15, -0.1) is 0 Å². The molecule has 2 rings (SSSR count). The van der Waals surface area contributed by atoms with Crippen molar-refractivity contribution in [3.05, 3.63) is 28.5 Å². The predicted molar refractivity (Wildman–Crippen MR) is 62.5 cm³/mol. The fourth-order valence-corrected chi connectivity index (χ4v) is 2.15. The van der Waals surface area contributed by atoms with Crippen molar-refractivity contribution >= 4 is 35.7 Å².